The van der Waals surface area contributed by atoms with E-state index in [0.717, 1.165) is 24.2 Å². The largest absolute Gasteiger partial charge is 0.496 e. The van der Waals surface area contributed by atoms with Gasteiger partial charge in [0, 0.05) is 6.42 Å². The van der Waals surface area contributed by atoms with Gasteiger partial charge in [-0.15, -0.1) is 0 Å². The van der Waals surface area contributed by atoms with Crippen molar-refractivity contribution in [3.63, 3.8) is 0 Å². The van der Waals surface area contributed by atoms with Gasteiger partial charge in [0.05, 0.1) is 12.1 Å². The number of hydrogen-bond donors (Lipinski definition) is 1. The van der Waals surface area contributed by atoms with Crippen molar-refractivity contribution in [2.45, 2.75) is 26.7 Å². The highest BCUT2D eigenvalue weighted by atomic mass is 32.1. The smallest absolute Gasteiger partial charge is 0.124 e. The Bertz CT molecular complexity index is 374. The van der Waals surface area contributed by atoms with Crippen molar-refractivity contribution in [2.75, 3.05) is 7.11 Å². The van der Waals surface area contributed by atoms with Crippen LogP contribution in [0.25, 0.3) is 0 Å². The second kappa shape index (κ2) is 5.12. The quantitative estimate of drug-likeness (QED) is 0.797. The third kappa shape index (κ3) is 3.20. The Morgan fingerprint density at radius 1 is 1.40 bits per heavy atom. The maximum Gasteiger partial charge on any atom is 0.124 e. The Morgan fingerprint density at radius 2 is 2.07 bits per heavy atom. The van der Waals surface area contributed by atoms with Crippen LogP contribution in [-0.2, 0) is 6.42 Å². The first-order valence-electron chi connectivity index (χ1n) is 4.97. The highest BCUT2D eigenvalue weighted by molar-refractivity contribution is 7.80. The lowest BCUT2D eigenvalue weighted by molar-refractivity contribution is 0.406. The third-order valence-corrected chi connectivity index (χ3v) is 2.54. The van der Waals surface area contributed by atoms with E-state index in [1.54, 1.807) is 7.11 Å². The van der Waals surface area contributed by atoms with Gasteiger partial charge in [-0.1, -0.05) is 29.9 Å². The van der Waals surface area contributed by atoms with E-state index < -0.39 is 0 Å². The highest BCUT2D eigenvalue weighted by Gasteiger charge is 2.07. The average Bonchev–Trinajstić information content (AvgIpc) is 2.13. The summed E-state index contributed by atoms with van der Waals surface area (Å²) >= 11 is 4.88. The standard InChI is InChI=1S/C12H17NOS/c1-8-6-9(2)12(14-3)10(7-8)4-5-11(13)15/h6-7H,4-5H2,1-3H3,(H2,13,15). The lowest BCUT2D eigenvalue weighted by Crippen LogP contribution is -2.09. The van der Waals surface area contributed by atoms with Gasteiger partial charge < -0.3 is 10.5 Å². The Hall–Kier alpha value is -1.09. The maximum absolute atomic E-state index is 5.50. The predicted octanol–water partition coefficient (Wildman–Crippen LogP) is 2.53. The molecule has 1 aromatic rings. The SMILES string of the molecule is COc1c(C)cc(C)cc1CCC(N)=S. The molecule has 0 saturated heterocycles. The van der Waals surface area contributed by atoms with Crippen LogP contribution in [0.2, 0.25) is 0 Å². The second-order valence-corrected chi connectivity index (χ2v) is 4.26. The van der Waals surface area contributed by atoms with Crippen molar-refractivity contribution in [1.29, 1.82) is 0 Å². The molecular formula is C12H17NOS. The molecule has 0 spiro atoms. The topological polar surface area (TPSA) is 35.2 Å². The molecule has 0 aliphatic rings. The molecule has 0 atom stereocenters. The minimum Gasteiger partial charge on any atom is -0.496 e. The van der Waals surface area contributed by atoms with Crippen molar-refractivity contribution in [2.24, 2.45) is 5.73 Å². The van der Waals surface area contributed by atoms with Crippen molar-refractivity contribution >= 4 is 17.2 Å². The molecule has 2 nitrogen and oxygen atoms in total. The average molecular weight is 223 g/mol. The monoisotopic (exact) mass is 223 g/mol. The number of nitrogens with two attached hydrogens (primary N) is 1. The van der Waals surface area contributed by atoms with Crippen LogP contribution in [0, 0.1) is 13.8 Å². The molecule has 0 bridgehead atoms. The zero-order chi connectivity index (χ0) is 11.4. The molecule has 0 aromatic heterocycles. The summed E-state index contributed by atoms with van der Waals surface area (Å²) < 4.78 is 5.38. The molecule has 0 amide bonds. The molecule has 1 rings (SSSR count). The van der Waals surface area contributed by atoms with E-state index >= 15 is 0 Å². The van der Waals surface area contributed by atoms with Crippen LogP contribution < -0.4 is 10.5 Å². The number of thiocarbonyl (C=S) groups is 1. The maximum atomic E-state index is 5.50. The Morgan fingerprint density at radius 3 is 2.60 bits per heavy atom. The summed E-state index contributed by atoms with van der Waals surface area (Å²) in [6.07, 6.45) is 1.58. The summed E-state index contributed by atoms with van der Waals surface area (Å²) in [6, 6.07) is 4.24. The Balaban J connectivity index is 2.98. The first kappa shape index (κ1) is 12.0. The van der Waals surface area contributed by atoms with Crippen molar-refractivity contribution < 1.29 is 4.74 Å². The first-order valence-corrected chi connectivity index (χ1v) is 5.38. The number of aryl methyl sites for hydroxylation is 3. The van der Waals surface area contributed by atoms with Gasteiger partial charge >= 0.3 is 0 Å². The fraction of sp³-hybridized carbons (Fsp3) is 0.417. The van der Waals surface area contributed by atoms with Crippen LogP contribution in [0.1, 0.15) is 23.1 Å². The molecule has 82 valence electrons. The van der Waals surface area contributed by atoms with Gasteiger partial charge in [0.2, 0.25) is 0 Å². The fourth-order valence-electron chi connectivity index (χ4n) is 1.78. The molecule has 0 fully saturated rings. The van der Waals surface area contributed by atoms with E-state index in [4.69, 9.17) is 22.7 Å². The molecule has 0 heterocycles. The summed E-state index contributed by atoms with van der Waals surface area (Å²) in [5, 5.41) is 0. The van der Waals surface area contributed by atoms with Gasteiger partial charge in [0.15, 0.2) is 0 Å². The van der Waals surface area contributed by atoms with Crippen LogP contribution >= 0.6 is 12.2 Å². The lowest BCUT2D eigenvalue weighted by atomic mass is 10.0. The van der Waals surface area contributed by atoms with Gasteiger partial charge in [-0.3, -0.25) is 0 Å². The summed E-state index contributed by atoms with van der Waals surface area (Å²) in [7, 11) is 1.70. The Labute approximate surface area is 96.4 Å². The zero-order valence-corrected chi connectivity index (χ0v) is 10.3. The molecule has 15 heavy (non-hydrogen) atoms. The molecule has 0 aliphatic carbocycles. The van der Waals surface area contributed by atoms with Gasteiger partial charge in [-0.2, -0.15) is 0 Å². The third-order valence-electron chi connectivity index (χ3n) is 2.34. The molecule has 1 aromatic carbocycles. The van der Waals surface area contributed by atoms with Crippen LogP contribution in [0.15, 0.2) is 12.1 Å². The minimum atomic E-state index is 0.552. The molecule has 0 radical (unpaired) electrons. The van der Waals surface area contributed by atoms with Crippen LogP contribution in [0.3, 0.4) is 0 Å². The molecule has 0 aliphatic heterocycles. The van der Waals surface area contributed by atoms with Crippen LogP contribution in [0.4, 0.5) is 0 Å². The summed E-state index contributed by atoms with van der Waals surface area (Å²) in [5.74, 6) is 0.955. The van der Waals surface area contributed by atoms with E-state index in [1.807, 2.05) is 0 Å². The Kier molecular flexibility index (Phi) is 4.09. The van der Waals surface area contributed by atoms with Crippen molar-refractivity contribution in [3.8, 4) is 5.75 Å². The van der Waals surface area contributed by atoms with E-state index in [-0.39, 0.29) is 0 Å². The van der Waals surface area contributed by atoms with Crippen LogP contribution in [0.5, 0.6) is 5.75 Å². The van der Waals surface area contributed by atoms with Crippen molar-refractivity contribution in [1.82, 2.24) is 0 Å². The van der Waals surface area contributed by atoms with E-state index in [0.29, 0.717) is 4.99 Å². The fourth-order valence-corrected chi connectivity index (χ4v) is 1.88. The van der Waals surface area contributed by atoms with Crippen LogP contribution in [-0.4, -0.2) is 12.1 Å². The van der Waals surface area contributed by atoms with E-state index in [2.05, 4.69) is 26.0 Å². The normalized spacial score (nSPS) is 10.1. The number of hydrogen-bond acceptors (Lipinski definition) is 2. The van der Waals surface area contributed by atoms with E-state index in [9.17, 15) is 0 Å². The van der Waals surface area contributed by atoms with Crippen molar-refractivity contribution in [3.05, 3.63) is 28.8 Å². The lowest BCUT2D eigenvalue weighted by Gasteiger charge is -2.12. The summed E-state index contributed by atoms with van der Waals surface area (Å²) in [6.45, 7) is 4.13. The molecular weight excluding hydrogens is 206 g/mol. The number of benzene rings is 1. The summed E-state index contributed by atoms with van der Waals surface area (Å²) in [4.78, 5) is 0.552. The number of ether oxygens (including phenoxy) is 1. The molecule has 0 saturated carbocycles. The first-order chi connectivity index (χ1) is 7.04. The zero-order valence-electron chi connectivity index (χ0n) is 9.46. The minimum absolute atomic E-state index is 0.552. The predicted molar refractivity (Wildman–Crippen MR) is 67.6 cm³/mol. The molecule has 2 N–H and O–H groups in total. The molecule has 3 heteroatoms. The van der Waals surface area contributed by atoms with Gasteiger partial charge in [-0.05, 0) is 31.4 Å². The highest BCUT2D eigenvalue weighted by Crippen LogP contribution is 2.26. The van der Waals surface area contributed by atoms with E-state index in [1.165, 1.54) is 11.1 Å². The summed E-state index contributed by atoms with van der Waals surface area (Å²) in [5.41, 5.74) is 9.09. The van der Waals surface area contributed by atoms with Gasteiger partial charge in [0.25, 0.3) is 0 Å². The number of methoxy groups -OCH3 is 1. The number of rotatable bonds is 4. The van der Waals surface area contributed by atoms with Gasteiger partial charge in [0.1, 0.15) is 5.75 Å². The molecule has 0 unspecified atom stereocenters. The second-order valence-electron chi connectivity index (χ2n) is 3.74. The van der Waals surface area contributed by atoms with Gasteiger partial charge in [-0.25, -0.2) is 0 Å².